The fourth-order valence-electron chi connectivity index (χ4n) is 2.99. The first-order chi connectivity index (χ1) is 13.1. The van der Waals surface area contributed by atoms with Crippen LogP contribution >= 0.6 is 11.3 Å². The van der Waals surface area contributed by atoms with Crippen LogP contribution in [-0.4, -0.2) is 10.8 Å². The predicted octanol–water partition coefficient (Wildman–Crippen LogP) is 4.57. The van der Waals surface area contributed by atoms with Gasteiger partial charge in [-0.1, -0.05) is 54.6 Å². The molecule has 0 saturated carbocycles. The van der Waals surface area contributed by atoms with Crippen molar-refractivity contribution < 1.29 is 9.21 Å². The topological polar surface area (TPSA) is 60.2 Å². The smallest absolute Gasteiger partial charge is 0.284 e. The Labute approximate surface area is 160 Å². The normalized spacial score (nSPS) is 11.0. The minimum atomic E-state index is -0.228. The summed E-state index contributed by atoms with van der Waals surface area (Å²) in [5.41, 5.74) is 3.07. The summed E-state index contributed by atoms with van der Waals surface area (Å²) in [7, 11) is 0. The first kappa shape index (κ1) is 17.4. The van der Waals surface area contributed by atoms with Crippen LogP contribution in [0.2, 0.25) is 0 Å². The summed E-state index contributed by atoms with van der Waals surface area (Å²) in [4.78, 5) is 29.3. The van der Waals surface area contributed by atoms with Crippen molar-refractivity contribution in [3.05, 3.63) is 98.5 Å². The highest BCUT2D eigenvalue weighted by atomic mass is 32.1. The number of hydrogen-bond donors (Lipinski definition) is 0. The lowest BCUT2D eigenvalue weighted by Crippen LogP contribution is -2.09. The number of rotatable bonds is 5. The third kappa shape index (κ3) is 3.59. The first-order valence-electron chi connectivity index (χ1n) is 8.68. The van der Waals surface area contributed by atoms with Crippen molar-refractivity contribution in [3.63, 3.8) is 0 Å². The largest absolute Gasteiger partial charge is 0.431 e. The number of carbonyl (C=O) groups is 1. The maximum Gasteiger partial charge on any atom is 0.284 e. The van der Waals surface area contributed by atoms with Crippen molar-refractivity contribution in [2.24, 2.45) is 0 Å². The van der Waals surface area contributed by atoms with Crippen molar-refractivity contribution in [2.45, 2.75) is 19.8 Å². The number of aromatic nitrogens is 1. The van der Waals surface area contributed by atoms with Gasteiger partial charge in [0.05, 0.1) is 5.39 Å². The van der Waals surface area contributed by atoms with Gasteiger partial charge in [0.1, 0.15) is 0 Å². The number of benzene rings is 2. The van der Waals surface area contributed by atoms with E-state index in [1.165, 1.54) is 11.3 Å². The molecule has 0 amide bonds. The summed E-state index contributed by atoms with van der Waals surface area (Å²) in [6, 6.07) is 16.8. The highest BCUT2D eigenvalue weighted by Crippen LogP contribution is 2.22. The molecule has 4 rings (SSSR count). The van der Waals surface area contributed by atoms with Crippen LogP contribution in [0.15, 0.2) is 69.2 Å². The zero-order valence-electron chi connectivity index (χ0n) is 14.8. The molecule has 0 spiro atoms. The van der Waals surface area contributed by atoms with Crippen molar-refractivity contribution in [3.8, 4) is 0 Å². The maximum absolute atomic E-state index is 12.4. The van der Waals surface area contributed by atoms with Gasteiger partial charge in [-0.2, -0.15) is 4.98 Å². The number of thiophene rings is 1. The molecule has 0 radical (unpaired) electrons. The van der Waals surface area contributed by atoms with E-state index in [9.17, 15) is 9.59 Å². The van der Waals surface area contributed by atoms with Crippen molar-refractivity contribution in [1.29, 1.82) is 0 Å². The van der Waals surface area contributed by atoms with E-state index in [0.29, 0.717) is 40.1 Å². The molecule has 0 bridgehead atoms. The Hall–Kier alpha value is -3.05. The van der Waals surface area contributed by atoms with Crippen LogP contribution in [0.1, 0.15) is 32.9 Å². The second-order valence-electron chi connectivity index (χ2n) is 6.39. The molecule has 4 aromatic rings. The average Bonchev–Trinajstić information content (AvgIpc) is 3.08. The number of fused-ring (bicyclic) bond motifs is 1. The molecule has 134 valence electrons. The summed E-state index contributed by atoms with van der Waals surface area (Å²) in [6.07, 6.45) is 1.22. The van der Waals surface area contributed by atoms with Gasteiger partial charge < -0.3 is 4.42 Å². The predicted molar refractivity (Wildman–Crippen MR) is 107 cm³/mol. The Morgan fingerprint density at radius 1 is 1.00 bits per heavy atom. The standard InChI is InChI=1S/C22H17NO3S/c1-14-13-27-22-19(14)21(25)23-18(26-22)12-9-15-7-10-17(11-8-15)20(24)16-5-3-2-4-6-16/h2-8,10-11,13H,9,12H2,1H3. The van der Waals surface area contributed by atoms with E-state index in [4.69, 9.17) is 4.42 Å². The second kappa shape index (κ2) is 7.29. The Kier molecular flexibility index (Phi) is 4.69. The van der Waals surface area contributed by atoms with Gasteiger partial charge in [-0.3, -0.25) is 9.59 Å². The quantitative estimate of drug-likeness (QED) is 0.479. The number of hydrogen-bond acceptors (Lipinski definition) is 5. The zero-order chi connectivity index (χ0) is 18.8. The monoisotopic (exact) mass is 375 g/mol. The van der Waals surface area contributed by atoms with Gasteiger partial charge in [-0.25, -0.2) is 0 Å². The van der Waals surface area contributed by atoms with E-state index in [0.717, 1.165) is 11.1 Å². The fourth-order valence-corrected chi connectivity index (χ4v) is 3.90. The van der Waals surface area contributed by atoms with E-state index in [-0.39, 0.29) is 11.3 Å². The van der Waals surface area contributed by atoms with Crippen LogP contribution < -0.4 is 5.56 Å². The molecule has 0 unspecified atom stereocenters. The molecule has 0 N–H and O–H groups in total. The summed E-state index contributed by atoms with van der Waals surface area (Å²) in [5.74, 6) is 0.451. The Bertz CT molecular complexity index is 1160. The molecular weight excluding hydrogens is 358 g/mol. The average molecular weight is 375 g/mol. The zero-order valence-corrected chi connectivity index (χ0v) is 15.6. The van der Waals surface area contributed by atoms with Crippen LogP contribution in [0.4, 0.5) is 0 Å². The molecule has 5 heteroatoms. The molecule has 2 heterocycles. The fraction of sp³-hybridized carbons (Fsp3) is 0.136. The lowest BCUT2D eigenvalue weighted by atomic mass is 10.0. The Balaban J connectivity index is 1.48. The van der Waals surface area contributed by atoms with E-state index in [1.54, 1.807) is 0 Å². The second-order valence-corrected chi connectivity index (χ2v) is 7.23. The summed E-state index contributed by atoms with van der Waals surface area (Å²) in [5, 5.41) is 2.48. The van der Waals surface area contributed by atoms with Gasteiger partial charge in [0.15, 0.2) is 16.6 Å². The maximum atomic E-state index is 12.4. The lowest BCUT2D eigenvalue weighted by molar-refractivity contribution is 0.103. The highest BCUT2D eigenvalue weighted by molar-refractivity contribution is 7.16. The van der Waals surface area contributed by atoms with Gasteiger partial charge in [0.25, 0.3) is 5.56 Å². The van der Waals surface area contributed by atoms with Crippen LogP contribution in [0, 0.1) is 6.92 Å². The van der Waals surface area contributed by atoms with Crippen LogP contribution in [0.5, 0.6) is 0 Å². The molecule has 0 atom stereocenters. The number of nitrogens with zero attached hydrogens (tertiary/aromatic N) is 1. The van der Waals surface area contributed by atoms with E-state index in [1.807, 2.05) is 66.9 Å². The molecular formula is C22H17NO3S. The van der Waals surface area contributed by atoms with Crippen molar-refractivity contribution in [2.75, 3.05) is 0 Å². The molecule has 0 aliphatic carbocycles. The molecule has 2 aromatic heterocycles. The molecule has 4 nitrogen and oxygen atoms in total. The molecule has 0 saturated heterocycles. The van der Waals surface area contributed by atoms with E-state index >= 15 is 0 Å². The van der Waals surface area contributed by atoms with Crippen LogP contribution in [0.3, 0.4) is 0 Å². The first-order valence-corrected chi connectivity index (χ1v) is 9.56. The number of ketones is 1. The number of aryl methyl sites for hydroxylation is 3. The minimum absolute atomic E-state index is 0.00771. The third-order valence-electron chi connectivity index (χ3n) is 4.47. The van der Waals surface area contributed by atoms with Gasteiger partial charge in [-0.15, -0.1) is 11.3 Å². The van der Waals surface area contributed by atoms with Crippen LogP contribution in [0.25, 0.3) is 10.3 Å². The summed E-state index contributed by atoms with van der Waals surface area (Å²) >= 11 is 1.42. The molecule has 27 heavy (non-hydrogen) atoms. The van der Waals surface area contributed by atoms with Crippen molar-refractivity contribution >= 4 is 27.4 Å². The van der Waals surface area contributed by atoms with Gasteiger partial charge in [-0.05, 0) is 29.9 Å². The lowest BCUT2D eigenvalue weighted by Gasteiger charge is -2.04. The minimum Gasteiger partial charge on any atom is -0.431 e. The third-order valence-corrected chi connectivity index (χ3v) is 5.44. The molecule has 2 aromatic carbocycles. The van der Waals surface area contributed by atoms with Crippen molar-refractivity contribution in [1.82, 2.24) is 4.98 Å². The molecule has 0 fully saturated rings. The van der Waals surface area contributed by atoms with E-state index < -0.39 is 0 Å². The summed E-state index contributed by atoms with van der Waals surface area (Å²) in [6.45, 7) is 1.88. The summed E-state index contributed by atoms with van der Waals surface area (Å²) < 4.78 is 5.76. The van der Waals surface area contributed by atoms with Gasteiger partial charge in [0, 0.05) is 17.5 Å². The Morgan fingerprint density at radius 2 is 1.70 bits per heavy atom. The SMILES string of the molecule is Cc1csc2oc(CCc3ccc(C(=O)c4ccccc4)cc3)nc(=O)c12. The highest BCUT2D eigenvalue weighted by Gasteiger charge is 2.11. The molecule has 0 aliphatic rings. The number of carbonyl (C=O) groups excluding carboxylic acids is 1. The van der Waals surface area contributed by atoms with Crippen LogP contribution in [-0.2, 0) is 12.8 Å². The Morgan fingerprint density at radius 3 is 2.44 bits per heavy atom. The molecule has 0 aliphatic heterocycles. The van der Waals surface area contributed by atoms with Gasteiger partial charge >= 0.3 is 0 Å². The van der Waals surface area contributed by atoms with E-state index in [2.05, 4.69) is 4.98 Å². The van der Waals surface area contributed by atoms with Gasteiger partial charge in [0.2, 0.25) is 0 Å².